The molecule has 0 rings (SSSR count). The highest BCUT2D eigenvalue weighted by Gasteiger charge is 2.11. The molecular weight excluding hydrogens is 384 g/mol. The largest absolute Gasteiger partial charge is 0.353 e. The van der Waals surface area contributed by atoms with E-state index in [1.54, 1.807) is 0 Å². The van der Waals surface area contributed by atoms with Crippen LogP contribution in [-0.2, 0) is 18.9 Å². The van der Waals surface area contributed by atoms with Gasteiger partial charge in [0.2, 0.25) is 0 Å². The van der Waals surface area contributed by atoms with E-state index in [0.29, 0.717) is 0 Å². The molecule has 0 amide bonds. The summed E-state index contributed by atoms with van der Waals surface area (Å²) in [4.78, 5) is 0. The third-order valence-electron chi connectivity index (χ3n) is 4.84. The van der Waals surface area contributed by atoms with E-state index in [4.69, 9.17) is 18.9 Å². The maximum absolute atomic E-state index is 5.97. The average Bonchev–Trinajstić information content (AvgIpc) is 2.70. The number of hydrogen-bond acceptors (Lipinski definition) is 4. The molecule has 0 unspecified atom stereocenters. The first-order valence-corrected chi connectivity index (χ1v) is 16.2. The first-order valence-electron chi connectivity index (χ1n) is 12.2. The molecule has 0 bridgehead atoms. The molecule has 0 aliphatic heterocycles. The van der Waals surface area contributed by atoms with Crippen LogP contribution in [0.2, 0.25) is 24.2 Å². The summed E-state index contributed by atoms with van der Waals surface area (Å²) in [5, 5.41) is 0. The van der Waals surface area contributed by atoms with Gasteiger partial charge in [0, 0.05) is 45.5 Å². The van der Waals surface area contributed by atoms with Crippen molar-refractivity contribution in [2.45, 2.75) is 116 Å². The van der Waals surface area contributed by atoms with Gasteiger partial charge in [0.1, 0.15) is 0 Å². The lowest BCUT2D eigenvalue weighted by atomic mass is 10.4. The molecule has 0 saturated heterocycles. The van der Waals surface area contributed by atoms with Crippen LogP contribution in [0.5, 0.6) is 0 Å². The molecule has 0 aromatic carbocycles. The van der Waals surface area contributed by atoms with Crippen molar-refractivity contribution in [2.24, 2.45) is 0 Å². The van der Waals surface area contributed by atoms with Crippen LogP contribution in [0, 0.1) is 0 Å². The second-order valence-electron chi connectivity index (χ2n) is 7.75. The highest BCUT2D eigenvalue weighted by atomic mass is 28.2. The summed E-state index contributed by atoms with van der Waals surface area (Å²) in [6.45, 7) is 12.2. The van der Waals surface area contributed by atoms with E-state index < -0.39 is 0 Å². The van der Waals surface area contributed by atoms with Gasteiger partial charge in [-0.25, -0.2) is 0 Å². The molecule has 0 aliphatic carbocycles. The molecule has 0 aromatic rings. The molecule has 0 spiro atoms. The van der Waals surface area contributed by atoms with Gasteiger partial charge in [0.25, 0.3) is 0 Å². The van der Waals surface area contributed by atoms with Crippen LogP contribution >= 0.6 is 0 Å². The quantitative estimate of drug-likeness (QED) is 0.130. The summed E-state index contributed by atoms with van der Waals surface area (Å²) in [7, 11) is -0.171. The Labute approximate surface area is 180 Å². The Morgan fingerprint density at radius 1 is 0.500 bits per heavy atom. The van der Waals surface area contributed by atoms with E-state index in [9.17, 15) is 0 Å². The van der Waals surface area contributed by atoms with Crippen molar-refractivity contribution in [1.29, 1.82) is 0 Å². The average molecular weight is 435 g/mol. The fourth-order valence-corrected chi connectivity index (χ4v) is 7.58. The predicted octanol–water partition coefficient (Wildman–Crippen LogP) is 4.92. The van der Waals surface area contributed by atoms with Crippen LogP contribution in [0.4, 0.5) is 0 Å². The minimum absolute atomic E-state index is 0.0638. The van der Waals surface area contributed by atoms with Crippen LogP contribution in [-0.4, -0.2) is 58.0 Å². The van der Waals surface area contributed by atoms with E-state index in [0.717, 1.165) is 52.1 Å². The van der Waals surface area contributed by atoms with Crippen LogP contribution in [0.3, 0.4) is 0 Å². The molecule has 0 aliphatic rings. The fourth-order valence-electron chi connectivity index (χ4n) is 2.84. The second-order valence-corrected chi connectivity index (χ2v) is 11.7. The summed E-state index contributed by atoms with van der Waals surface area (Å²) in [5.41, 5.74) is 0. The Morgan fingerprint density at radius 3 is 1.04 bits per heavy atom. The number of hydrogen-bond donors (Lipinski definition) is 0. The van der Waals surface area contributed by atoms with Gasteiger partial charge in [-0.2, -0.15) is 0 Å². The summed E-state index contributed by atoms with van der Waals surface area (Å²) >= 11 is 0. The highest BCUT2D eigenvalue weighted by molar-refractivity contribution is 6.42. The maximum atomic E-state index is 5.97. The number of unbranched alkanes of at least 4 members (excludes halogenated alkanes) is 4. The Bertz CT molecular complexity index is 248. The summed E-state index contributed by atoms with van der Waals surface area (Å²) in [5.74, 6) is 0. The van der Waals surface area contributed by atoms with E-state index in [-0.39, 0.29) is 31.6 Å². The van der Waals surface area contributed by atoms with Crippen LogP contribution in [0.25, 0.3) is 0 Å². The molecule has 0 radical (unpaired) electrons. The van der Waals surface area contributed by atoms with Gasteiger partial charge in [-0.05, 0) is 37.8 Å². The molecule has 28 heavy (non-hydrogen) atoms. The molecule has 0 fully saturated rings. The monoisotopic (exact) mass is 434 g/mol. The van der Waals surface area contributed by atoms with Crippen LogP contribution in [0.1, 0.15) is 79.1 Å². The second kappa shape index (κ2) is 23.6. The zero-order chi connectivity index (χ0) is 20.7. The van der Waals surface area contributed by atoms with Gasteiger partial charge in [-0.15, -0.1) is 0 Å². The first kappa shape index (κ1) is 28.3. The third-order valence-corrected chi connectivity index (χ3v) is 9.60. The van der Waals surface area contributed by atoms with Crippen molar-refractivity contribution in [1.82, 2.24) is 0 Å². The van der Waals surface area contributed by atoms with Gasteiger partial charge in [0.05, 0.1) is 0 Å². The van der Waals surface area contributed by atoms with Crippen molar-refractivity contribution in [2.75, 3.05) is 26.4 Å². The molecule has 4 nitrogen and oxygen atoms in total. The summed E-state index contributed by atoms with van der Waals surface area (Å²) in [6.07, 6.45) is 9.43. The molecule has 0 N–H and O–H groups in total. The minimum atomic E-state index is -0.0857. The molecular formula is C22H50O4Si2. The van der Waals surface area contributed by atoms with Crippen molar-refractivity contribution in [3.8, 4) is 0 Å². The Hall–Kier alpha value is 0.274. The smallest absolute Gasteiger partial charge is 0.154 e. The van der Waals surface area contributed by atoms with Crippen molar-refractivity contribution >= 4 is 19.0 Å². The zero-order valence-electron chi connectivity index (χ0n) is 19.5. The van der Waals surface area contributed by atoms with Gasteiger partial charge in [-0.3, -0.25) is 0 Å². The van der Waals surface area contributed by atoms with E-state index in [1.165, 1.54) is 49.9 Å². The minimum Gasteiger partial charge on any atom is -0.353 e. The Kier molecular flexibility index (Phi) is 23.8. The molecule has 0 atom stereocenters. The van der Waals surface area contributed by atoms with Gasteiger partial charge < -0.3 is 18.9 Å². The molecule has 0 saturated carbocycles. The first-order chi connectivity index (χ1) is 13.8. The van der Waals surface area contributed by atoms with Gasteiger partial charge in [0.15, 0.2) is 12.6 Å². The molecule has 170 valence electrons. The molecule has 0 heterocycles. The van der Waals surface area contributed by atoms with Gasteiger partial charge in [-0.1, -0.05) is 65.5 Å². The van der Waals surface area contributed by atoms with Crippen LogP contribution in [0.15, 0.2) is 0 Å². The van der Waals surface area contributed by atoms with Crippen molar-refractivity contribution in [3.63, 3.8) is 0 Å². The number of ether oxygens (including phenoxy) is 4. The Morgan fingerprint density at radius 2 is 0.786 bits per heavy atom. The van der Waals surface area contributed by atoms with E-state index >= 15 is 0 Å². The van der Waals surface area contributed by atoms with Crippen LogP contribution < -0.4 is 0 Å². The molecule has 0 aromatic heterocycles. The number of rotatable bonds is 23. The predicted molar refractivity (Wildman–Crippen MR) is 127 cm³/mol. The van der Waals surface area contributed by atoms with Crippen molar-refractivity contribution in [3.05, 3.63) is 0 Å². The topological polar surface area (TPSA) is 36.9 Å². The standard InChI is InChI=1S/C22H50O4Si2/c1-5-9-13-23-21(24-14-10-6-2)19-27-17-18-28-20-22(25-15-11-7-3)26-16-12-8-4/h21-22H,5-20,27-28H2,1-4H3. The summed E-state index contributed by atoms with van der Waals surface area (Å²) in [6, 6.07) is 5.19. The van der Waals surface area contributed by atoms with E-state index in [2.05, 4.69) is 27.7 Å². The molecule has 6 heteroatoms. The SMILES string of the molecule is CCCCOC(C[SiH2]CC[SiH2]CC(OCCCC)OCCCC)OCCCC. The normalized spacial score (nSPS) is 12.6. The lowest BCUT2D eigenvalue weighted by Crippen LogP contribution is -2.21. The highest BCUT2D eigenvalue weighted by Crippen LogP contribution is 2.10. The fraction of sp³-hybridized carbons (Fsp3) is 1.00. The lowest BCUT2D eigenvalue weighted by Gasteiger charge is -2.19. The Balaban J connectivity index is 3.91. The summed E-state index contributed by atoms with van der Waals surface area (Å²) < 4.78 is 23.9. The lowest BCUT2D eigenvalue weighted by molar-refractivity contribution is -0.131. The van der Waals surface area contributed by atoms with Gasteiger partial charge >= 0.3 is 0 Å². The van der Waals surface area contributed by atoms with E-state index in [1.807, 2.05) is 0 Å². The zero-order valence-corrected chi connectivity index (χ0v) is 22.3. The third kappa shape index (κ3) is 19.6. The maximum Gasteiger partial charge on any atom is 0.154 e. The van der Waals surface area contributed by atoms with Crippen molar-refractivity contribution < 1.29 is 18.9 Å².